The second-order valence-corrected chi connectivity index (χ2v) is 18.4. The highest BCUT2D eigenvalue weighted by molar-refractivity contribution is 5.70. The van der Waals surface area contributed by atoms with Gasteiger partial charge < -0.3 is 64.2 Å². The Labute approximate surface area is 385 Å². The second kappa shape index (κ2) is 37.5. The van der Waals surface area contributed by atoms with Gasteiger partial charge in [0.1, 0.15) is 55.4 Å². The third kappa shape index (κ3) is 25.6. The molecule has 0 saturated carbocycles. The van der Waals surface area contributed by atoms with Crippen molar-refractivity contribution in [2.24, 2.45) is 0 Å². The van der Waals surface area contributed by atoms with Crippen LogP contribution in [0.15, 0.2) is 0 Å². The highest BCUT2D eigenvalue weighted by atomic mass is 16.7. The fourth-order valence-electron chi connectivity index (χ4n) is 8.34. The average Bonchev–Trinajstić information content (AvgIpc) is 3.29. The van der Waals surface area contributed by atoms with Crippen LogP contribution in [-0.2, 0) is 38.0 Å². The first-order valence-corrected chi connectivity index (χ1v) is 25.6. The molecule has 0 aromatic heterocycles. The molecule has 64 heavy (non-hydrogen) atoms. The summed E-state index contributed by atoms with van der Waals surface area (Å²) in [5.41, 5.74) is 0. The highest BCUT2D eigenvalue weighted by Gasteiger charge is 2.47. The highest BCUT2D eigenvalue weighted by Crippen LogP contribution is 2.26. The van der Waals surface area contributed by atoms with Gasteiger partial charge in [-0.05, 0) is 12.8 Å². The van der Waals surface area contributed by atoms with Crippen LogP contribution in [0.2, 0.25) is 0 Å². The predicted octanol–water partition coefficient (Wildman–Crippen LogP) is 6.82. The van der Waals surface area contributed by atoms with Gasteiger partial charge in [0.15, 0.2) is 18.7 Å². The number of aliphatic hydroxyl groups is 7. The minimum atomic E-state index is -1.76. The van der Waals surface area contributed by atoms with Gasteiger partial charge in [-0.2, -0.15) is 0 Å². The van der Waals surface area contributed by atoms with Crippen molar-refractivity contribution in [3.8, 4) is 0 Å². The second-order valence-electron chi connectivity index (χ2n) is 18.4. The van der Waals surface area contributed by atoms with E-state index in [0.29, 0.717) is 12.8 Å². The number of hydrogen-bond donors (Lipinski definition) is 7. The van der Waals surface area contributed by atoms with E-state index in [4.69, 9.17) is 28.4 Å². The summed E-state index contributed by atoms with van der Waals surface area (Å²) in [6, 6.07) is 0. The lowest BCUT2D eigenvalue weighted by atomic mass is 9.98. The maximum absolute atomic E-state index is 13.0. The molecule has 0 aromatic rings. The summed E-state index contributed by atoms with van der Waals surface area (Å²) in [6.45, 7) is 2.61. The van der Waals surface area contributed by atoms with Gasteiger partial charge in [0, 0.05) is 12.8 Å². The third-order valence-corrected chi connectivity index (χ3v) is 12.6. The molecule has 2 heterocycles. The van der Waals surface area contributed by atoms with Crippen LogP contribution in [0.1, 0.15) is 206 Å². The molecule has 2 rings (SSSR count). The van der Waals surface area contributed by atoms with Gasteiger partial charge in [0.2, 0.25) is 0 Å². The van der Waals surface area contributed by atoms with Crippen molar-refractivity contribution in [3.05, 3.63) is 0 Å². The Balaban J connectivity index is 1.80. The van der Waals surface area contributed by atoms with Gasteiger partial charge >= 0.3 is 11.9 Å². The summed E-state index contributed by atoms with van der Waals surface area (Å²) < 4.78 is 33.6. The van der Waals surface area contributed by atoms with Crippen molar-refractivity contribution < 1.29 is 73.8 Å². The Bertz CT molecular complexity index is 1130. The molecule has 0 aromatic carbocycles. The number of esters is 2. The molecule has 0 aliphatic carbocycles. The van der Waals surface area contributed by atoms with E-state index in [1.165, 1.54) is 128 Å². The zero-order chi connectivity index (χ0) is 46.8. The number of carbonyl (C=O) groups excluding carboxylic acids is 2. The number of hydrogen-bond acceptors (Lipinski definition) is 15. The first-order chi connectivity index (χ1) is 31.0. The molecular formula is C49H92O15. The van der Waals surface area contributed by atoms with Crippen molar-refractivity contribution in [1.29, 1.82) is 0 Å². The number of unbranched alkanes of at least 4 members (excludes halogenated alkanes) is 26. The topological polar surface area (TPSA) is 231 Å². The maximum atomic E-state index is 13.0. The van der Waals surface area contributed by atoms with Crippen LogP contribution in [0.3, 0.4) is 0 Å². The van der Waals surface area contributed by atoms with Crippen LogP contribution < -0.4 is 0 Å². The normalized spacial score (nSPS) is 26.5. The van der Waals surface area contributed by atoms with Gasteiger partial charge in [-0.1, -0.05) is 181 Å². The van der Waals surface area contributed by atoms with E-state index < -0.39 is 92.7 Å². The molecule has 378 valence electrons. The van der Waals surface area contributed by atoms with Gasteiger partial charge in [0.25, 0.3) is 0 Å². The van der Waals surface area contributed by atoms with E-state index >= 15 is 0 Å². The smallest absolute Gasteiger partial charge is 0.306 e. The summed E-state index contributed by atoms with van der Waals surface area (Å²) in [6.07, 6.45) is 17.0. The largest absolute Gasteiger partial charge is 0.462 e. The van der Waals surface area contributed by atoms with Crippen molar-refractivity contribution >= 4 is 11.9 Å². The molecule has 0 amide bonds. The Kier molecular flexibility index (Phi) is 34.3. The molecule has 2 aliphatic heterocycles. The zero-order valence-corrected chi connectivity index (χ0v) is 39.8. The molecular weight excluding hydrogens is 829 g/mol. The van der Waals surface area contributed by atoms with Gasteiger partial charge in [-0.25, -0.2) is 0 Å². The Morgan fingerprint density at radius 3 is 1.22 bits per heavy atom. The van der Waals surface area contributed by atoms with Crippen LogP contribution >= 0.6 is 0 Å². The fraction of sp³-hybridized carbons (Fsp3) is 0.959. The molecule has 0 bridgehead atoms. The van der Waals surface area contributed by atoms with Crippen molar-refractivity contribution in [2.45, 2.75) is 274 Å². The average molecular weight is 921 g/mol. The van der Waals surface area contributed by atoms with E-state index in [9.17, 15) is 45.3 Å². The van der Waals surface area contributed by atoms with Crippen molar-refractivity contribution in [2.75, 3.05) is 26.4 Å². The minimum Gasteiger partial charge on any atom is -0.462 e. The fourth-order valence-corrected chi connectivity index (χ4v) is 8.34. The van der Waals surface area contributed by atoms with Crippen LogP contribution in [0, 0.1) is 0 Å². The number of rotatable bonds is 40. The van der Waals surface area contributed by atoms with E-state index in [1.54, 1.807) is 0 Å². The quantitative estimate of drug-likeness (QED) is 0.0247. The first-order valence-electron chi connectivity index (χ1n) is 25.6. The molecule has 4 unspecified atom stereocenters. The summed E-state index contributed by atoms with van der Waals surface area (Å²) in [4.78, 5) is 25.7. The van der Waals surface area contributed by atoms with Crippen LogP contribution in [0.4, 0.5) is 0 Å². The monoisotopic (exact) mass is 921 g/mol. The standard InChI is InChI=1S/C49H92O15/c1-3-5-7-9-11-13-15-17-18-19-20-22-23-25-27-29-31-40(51)59-34-37(62-41(52)32-30-28-26-24-21-16-14-12-10-8-6-4-2)35-60-48-47(58)45(56)43(54)39(64-48)36-61-49-46(57)44(55)42(53)38(33-50)63-49/h37-39,42-50,53-58H,3-36H2,1-2H3/t37-,38+,39+,42-,43-,44?,45?,46?,47?,48+,49+/m0/s1. The molecule has 15 nitrogen and oxygen atoms in total. The maximum Gasteiger partial charge on any atom is 0.306 e. The predicted molar refractivity (Wildman–Crippen MR) is 243 cm³/mol. The van der Waals surface area contributed by atoms with Crippen LogP contribution in [-0.4, -0.2) is 142 Å². The van der Waals surface area contributed by atoms with Gasteiger partial charge in [-0.15, -0.1) is 0 Å². The number of ether oxygens (including phenoxy) is 6. The molecule has 0 spiro atoms. The van der Waals surface area contributed by atoms with Gasteiger partial charge in [0.05, 0.1) is 19.8 Å². The molecule has 2 aliphatic rings. The summed E-state index contributed by atoms with van der Waals surface area (Å²) in [5, 5.41) is 72.0. The summed E-state index contributed by atoms with van der Waals surface area (Å²) in [5.74, 6) is -0.911. The van der Waals surface area contributed by atoms with E-state index in [2.05, 4.69) is 13.8 Å². The SMILES string of the molecule is CCCCCCCCCCCCCCCCCCC(=O)OC[C@@H](CO[C@@H]1O[C@H](CO[C@@H]2O[C@H](CO)[C@H](O)C(O)C2O)[C@H](O)C(O)C1O)OC(=O)CCCCCCCCCCCCCC. The van der Waals surface area contributed by atoms with Crippen molar-refractivity contribution in [1.82, 2.24) is 0 Å². The number of carbonyl (C=O) groups is 2. The van der Waals surface area contributed by atoms with E-state index in [1.807, 2.05) is 0 Å². The van der Waals surface area contributed by atoms with Crippen LogP contribution in [0.25, 0.3) is 0 Å². The lowest BCUT2D eigenvalue weighted by Crippen LogP contribution is -2.61. The van der Waals surface area contributed by atoms with Crippen LogP contribution in [0.5, 0.6) is 0 Å². The molecule has 0 radical (unpaired) electrons. The van der Waals surface area contributed by atoms with E-state index in [-0.39, 0.29) is 26.1 Å². The molecule has 15 heteroatoms. The third-order valence-electron chi connectivity index (χ3n) is 12.6. The Morgan fingerprint density at radius 2 is 0.797 bits per heavy atom. The lowest BCUT2D eigenvalue weighted by Gasteiger charge is -2.42. The zero-order valence-electron chi connectivity index (χ0n) is 39.8. The molecule has 7 N–H and O–H groups in total. The number of aliphatic hydroxyl groups excluding tert-OH is 7. The lowest BCUT2D eigenvalue weighted by molar-refractivity contribution is -0.332. The first kappa shape index (κ1) is 58.6. The Morgan fingerprint density at radius 1 is 0.438 bits per heavy atom. The van der Waals surface area contributed by atoms with Gasteiger partial charge in [-0.3, -0.25) is 9.59 Å². The minimum absolute atomic E-state index is 0.173. The molecule has 11 atom stereocenters. The van der Waals surface area contributed by atoms with Crippen molar-refractivity contribution in [3.63, 3.8) is 0 Å². The van der Waals surface area contributed by atoms with E-state index in [0.717, 1.165) is 38.5 Å². The Hall–Kier alpha value is -1.50. The molecule has 2 saturated heterocycles. The summed E-state index contributed by atoms with van der Waals surface area (Å²) in [7, 11) is 0. The summed E-state index contributed by atoms with van der Waals surface area (Å²) >= 11 is 0. The molecule has 2 fully saturated rings.